The number of esters is 1. The van der Waals surface area contributed by atoms with Crippen molar-refractivity contribution in [3.05, 3.63) is 18.0 Å². The first-order chi connectivity index (χ1) is 7.97. The minimum Gasteiger partial charge on any atom is -0.465 e. The van der Waals surface area contributed by atoms with Gasteiger partial charge in [-0.3, -0.25) is 4.79 Å². The summed E-state index contributed by atoms with van der Waals surface area (Å²) < 4.78 is 41.8. The van der Waals surface area contributed by atoms with Crippen molar-refractivity contribution >= 4 is 17.7 Å². The molecule has 0 radical (unpaired) electrons. The lowest BCUT2D eigenvalue weighted by Crippen LogP contribution is -2.12. The minimum absolute atomic E-state index is 0.0660. The Bertz CT molecular complexity index is 438. The zero-order chi connectivity index (χ0) is 12.5. The normalized spacial score (nSPS) is 20.4. The SMILES string of the molecule is O=C1OCCC1Sc1nccc(C(F)(F)F)n1. The van der Waals surface area contributed by atoms with Crippen LogP contribution in [0, 0.1) is 0 Å². The molecule has 2 rings (SSSR count). The minimum atomic E-state index is -4.51. The fourth-order valence-corrected chi connectivity index (χ4v) is 2.17. The number of alkyl halides is 3. The Morgan fingerprint density at radius 1 is 1.47 bits per heavy atom. The molecule has 0 spiro atoms. The molecule has 1 aromatic rings. The average Bonchev–Trinajstić information content (AvgIpc) is 2.64. The standard InChI is InChI=1S/C9H7F3N2O2S/c10-9(11,12)6-1-3-13-8(14-6)17-5-2-4-16-7(5)15/h1,3,5H,2,4H2. The van der Waals surface area contributed by atoms with Crippen molar-refractivity contribution in [3.8, 4) is 0 Å². The van der Waals surface area contributed by atoms with Crippen LogP contribution in [0.2, 0.25) is 0 Å². The lowest BCUT2D eigenvalue weighted by molar-refractivity contribution is -0.141. The number of nitrogens with zero attached hydrogens (tertiary/aromatic N) is 2. The van der Waals surface area contributed by atoms with Crippen LogP contribution >= 0.6 is 11.8 Å². The smallest absolute Gasteiger partial charge is 0.433 e. The van der Waals surface area contributed by atoms with Gasteiger partial charge < -0.3 is 4.74 Å². The maximum absolute atomic E-state index is 12.4. The molecular weight excluding hydrogens is 257 g/mol. The molecule has 0 bridgehead atoms. The molecule has 8 heteroatoms. The topological polar surface area (TPSA) is 52.1 Å². The maximum atomic E-state index is 12.4. The summed E-state index contributed by atoms with van der Waals surface area (Å²) >= 11 is 0.893. The Hall–Kier alpha value is -1.31. The predicted octanol–water partition coefficient (Wildman–Crippen LogP) is 1.90. The maximum Gasteiger partial charge on any atom is 0.433 e. The second-order valence-electron chi connectivity index (χ2n) is 3.28. The summed E-state index contributed by atoms with van der Waals surface area (Å²) in [6.45, 7) is 0.287. The number of carbonyl (C=O) groups is 1. The summed E-state index contributed by atoms with van der Waals surface area (Å²) in [5, 5.41) is -0.581. The highest BCUT2D eigenvalue weighted by molar-refractivity contribution is 8.00. The number of rotatable bonds is 2. The van der Waals surface area contributed by atoms with Gasteiger partial charge in [-0.15, -0.1) is 0 Å². The van der Waals surface area contributed by atoms with Crippen LogP contribution < -0.4 is 0 Å². The fraction of sp³-hybridized carbons (Fsp3) is 0.444. The van der Waals surface area contributed by atoms with Crippen molar-refractivity contribution in [2.24, 2.45) is 0 Å². The van der Waals surface area contributed by atoms with Crippen molar-refractivity contribution in [2.75, 3.05) is 6.61 Å². The van der Waals surface area contributed by atoms with Crippen LogP contribution in [0.4, 0.5) is 13.2 Å². The van der Waals surface area contributed by atoms with Crippen molar-refractivity contribution in [1.82, 2.24) is 9.97 Å². The van der Waals surface area contributed by atoms with Gasteiger partial charge in [-0.2, -0.15) is 13.2 Å². The van der Waals surface area contributed by atoms with Gasteiger partial charge in [-0.05, 0) is 6.07 Å². The van der Waals surface area contributed by atoms with Crippen LogP contribution in [-0.2, 0) is 15.7 Å². The highest BCUT2D eigenvalue weighted by Gasteiger charge is 2.34. The molecule has 1 aliphatic heterocycles. The highest BCUT2D eigenvalue weighted by atomic mass is 32.2. The number of ether oxygens (including phenoxy) is 1. The molecule has 4 nitrogen and oxygen atoms in total. The molecule has 2 heterocycles. The third-order valence-electron chi connectivity index (χ3n) is 2.06. The molecule has 92 valence electrons. The van der Waals surface area contributed by atoms with Gasteiger partial charge >= 0.3 is 12.1 Å². The number of aromatic nitrogens is 2. The summed E-state index contributed by atoms with van der Waals surface area (Å²) in [7, 11) is 0. The van der Waals surface area contributed by atoms with E-state index in [1.165, 1.54) is 0 Å². The molecule has 1 unspecified atom stereocenters. The molecule has 0 saturated carbocycles. The quantitative estimate of drug-likeness (QED) is 0.603. The van der Waals surface area contributed by atoms with Gasteiger partial charge in [-0.1, -0.05) is 11.8 Å². The molecule has 1 atom stereocenters. The van der Waals surface area contributed by atoms with Crippen LogP contribution in [0.1, 0.15) is 12.1 Å². The van der Waals surface area contributed by atoms with E-state index in [1.807, 2.05) is 0 Å². The van der Waals surface area contributed by atoms with Gasteiger partial charge in [0.25, 0.3) is 0 Å². The van der Waals surface area contributed by atoms with Gasteiger partial charge in [0.15, 0.2) is 5.16 Å². The number of hydrogen-bond acceptors (Lipinski definition) is 5. The van der Waals surface area contributed by atoms with Crippen LogP contribution in [0.25, 0.3) is 0 Å². The third-order valence-corrected chi connectivity index (χ3v) is 3.18. The lowest BCUT2D eigenvalue weighted by atomic mass is 10.4. The number of thioether (sulfide) groups is 1. The largest absolute Gasteiger partial charge is 0.465 e. The number of hydrogen-bond donors (Lipinski definition) is 0. The van der Waals surface area contributed by atoms with E-state index < -0.39 is 23.1 Å². The average molecular weight is 264 g/mol. The van der Waals surface area contributed by atoms with E-state index in [-0.39, 0.29) is 11.8 Å². The number of halogens is 3. The van der Waals surface area contributed by atoms with E-state index in [2.05, 4.69) is 9.97 Å². The van der Waals surface area contributed by atoms with Gasteiger partial charge in [0.2, 0.25) is 0 Å². The van der Waals surface area contributed by atoms with Gasteiger partial charge in [0, 0.05) is 12.6 Å². The van der Waals surface area contributed by atoms with Crippen LogP contribution in [0.3, 0.4) is 0 Å². The number of cyclic esters (lactones) is 1. The zero-order valence-corrected chi connectivity index (χ0v) is 9.22. The second kappa shape index (κ2) is 4.52. The van der Waals surface area contributed by atoms with Gasteiger partial charge in [0.05, 0.1) is 6.61 Å². The molecule has 0 aliphatic carbocycles. The van der Waals surface area contributed by atoms with Crippen molar-refractivity contribution < 1.29 is 22.7 Å². The summed E-state index contributed by atoms with van der Waals surface area (Å²) in [4.78, 5) is 18.2. The van der Waals surface area contributed by atoms with Gasteiger partial charge in [-0.25, -0.2) is 9.97 Å². The molecule has 0 N–H and O–H groups in total. The monoisotopic (exact) mass is 264 g/mol. The highest BCUT2D eigenvalue weighted by Crippen LogP contribution is 2.31. The Kier molecular flexibility index (Phi) is 3.23. The van der Waals surface area contributed by atoms with E-state index in [1.54, 1.807) is 0 Å². The summed E-state index contributed by atoms with van der Waals surface area (Å²) in [5.74, 6) is -0.434. The zero-order valence-electron chi connectivity index (χ0n) is 8.40. The fourth-order valence-electron chi connectivity index (χ4n) is 1.27. The lowest BCUT2D eigenvalue weighted by Gasteiger charge is -2.07. The van der Waals surface area contributed by atoms with Crippen LogP contribution in [0.15, 0.2) is 17.4 Å². The van der Waals surface area contributed by atoms with E-state index in [4.69, 9.17) is 4.74 Å². The predicted molar refractivity (Wildman–Crippen MR) is 52.3 cm³/mol. The first kappa shape index (κ1) is 12.2. The summed E-state index contributed by atoms with van der Waals surface area (Å²) in [5.41, 5.74) is -1.01. The second-order valence-corrected chi connectivity index (χ2v) is 4.45. The third kappa shape index (κ3) is 2.87. The molecule has 17 heavy (non-hydrogen) atoms. The molecule has 1 aromatic heterocycles. The molecule has 0 amide bonds. The van der Waals surface area contributed by atoms with Crippen molar-refractivity contribution in [2.45, 2.75) is 23.0 Å². The van der Waals surface area contributed by atoms with E-state index in [0.717, 1.165) is 24.0 Å². The van der Waals surface area contributed by atoms with Crippen molar-refractivity contribution in [1.29, 1.82) is 0 Å². The first-order valence-electron chi connectivity index (χ1n) is 4.70. The Labute approximate surface area is 98.6 Å². The van der Waals surface area contributed by atoms with E-state index >= 15 is 0 Å². The van der Waals surface area contributed by atoms with Crippen LogP contribution in [-0.4, -0.2) is 27.8 Å². The van der Waals surface area contributed by atoms with Crippen LogP contribution in [0.5, 0.6) is 0 Å². The number of carbonyl (C=O) groups excluding carboxylic acids is 1. The van der Waals surface area contributed by atoms with E-state index in [0.29, 0.717) is 6.42 Å². The van der Waals surface area contributed by atoms with Gasteiger partial charge in [0.1, 0.15) is 10.9 Å². The Morgan fingerprint density at radius 2 is 2.24 bits per heavy atom. The molecule has 0 aromatic carbocycles. The van der Waals surface area contributed by atoms with E-state index in [9.17, 15) is 18.0 Å². The molecule has 1 saturated heterocycles. The molecule has 1 aliphatic rings. The van der Waals surface area contributed by atoms with Crippen molar-refractivity contribution in [3.63, 3.8) is 0 Å². The molecule has 1 fully saturated rings. The summed E-state index contributed by atoms with van der Waals surface area (Å²) in [6.07, 6.45) is -3.02. The Morgan fingerprint density at radius 3 is 2.82 bits per heavy atom. The molecular formula is C9H7F3N2O2S. The summed E-state index contributed by atoms with van der Waals surface area (Å²) in [6, 6.07) is 0.789. The first-order valence-corrected chi connectivity index (χ1v) is 5.58. The Balaban J connectivity index is 2.14.